The van der Waals surface area contributed by atoms with Gasteiger partial charge in [-0.15, -0.1) is 0 Å². The van der Waals surface area contributed by atoms with Gasteiger partial charge in [0.2, 0.25) is 0 Å². The number of aryl methyl sites for hydroxylation is 1. The number of hydrogen-bond donors (Lipinski definition) is 1. The van der Waals surface area contributed by atoms with Crippen molar-refractivity contribution in [2.45, 2.75) is 6.92 Å². The molecule has 0 aliphatic rings. The summed E-state index contributed by atoms with van der Waals surface area (Å²) in [5.74, 6) is 0.577. The van der Waals surface area contributed by atoms with E-state index in [-0.39, 0.29) is 0 Å². The zero-order valence-corrected chi connectivity index (χ0v) is 13.6. The summed E-state index contributed by atoms with van der Waals surface area (Å²) >= 11 is 12.4. The van der Waals surface area contributed by atoms with Gasteiger partial charge in [0.15, 0.2) is 5.75 Å². The molecule has 0 unspecified atom stereocenters. The summed E-state index contributed by atoms with van der Waals surface area (Å²) in [5.41, 5.74) is 1.59. The fourth-order valence-electron chi connectivity index (χ4n) is 1.95. The highest BCUT2D eigenvalue weighted by atomic mass is 35.5. The lowest BCUT2D eigenvalue weighted by molar-refractivity contribution is 0.197. The monoisotopic (exact) mass is 328 g/mol. The third-order valence-electron chi connectivity index (χ3n) is 2.99. The summed E-state index contributed by atoms with van der Waals surface area (Å²) in [6, 6.07) is 5.54. The molecule has 4 nitrogen and oxygen atoms in total. The Morgan fingerprint density at radius 1 is 1.14 bits per heavy atom. The van der Waals surface area contributed by atoms with Crippen molar-refractivity contribution in [1.82, 2.24) is 10.3 Å². The SMILES string of the molecule is COCCNCCOc1c(Cl)cc(Cl)c2ccc(C)nc12. The average molecular weight is 329 g/mol. The number of nitrogens with one attached hydrogen (secondary N) is 1. The van der Waals surface area contributed by atoms with Crippen LogP contribution >= 0.6 is 23.2 Å². The fraction of sp³-hybridized carbons (Fsp3) is 0.400. The van der Waals surface area contributed by atoms with Crippen LogP contribution < -0.4 is 10.1 Å². The molecule has 2 rings (SSSR count). The Balaban J connectivity index is 2.13. The van der Waals surface area contributed by atoms with Gasteiger partial charge in [0, 0.05) is 31.3 Å². The summed E-state index contributed by atoms with van der Waals surface area (Å²) < 4.78 is 10.7. The van der Waals surface area contributed by atoms with Gasteiger partial charge in [-0.2, -0.15) is 0 Å². The van der Waals surface area contributed by atoms with Crippen molar-refractivity contribution >= 4 is 34.1 Å². The van der Waals surface area contributed by atoms with E-state index in [0.717, 1.165) is 17.6 Å². The Hall–Kier alpha value is -1.07. The number of benzene rings is 1. The zero-order chi connectivity index (χ0) is 15.2. The molecular formula is C15H18Cl2N2O2. The number of hydrogen-bond acceptors (Lipinski definition) is 4. The summed E-state index contributed by atoms with van der Waals surface area (Å²) in [5, 5.41) is 5.10. The second kappa shape index (κ2) is 7.80. The Bertz CT molecular complexity index is 620. The molecule has 2 aromatic rings. The van der Waals surface area contributed by atoms with Crippen LogP contribution in [0.2, 0.25) is 10.0 Å². The van der Waals surface area contributed by atoms with E-state index < -0.39 is 0 Å². The molecule has 0 saturated carbocycles. The highest BCUT2D eigenvalue weighted by Gasteiger charge is 2.13. The van der Waals surface area contributed by atoms with Gasteiger partial charge in [-0.3, -0.25) is 0 Å². The first kappa shape index (κ1) is 16.3. The topological polar surface area (TPSA) is 43.4 Å². The highest BCUT2D eigenvalue weighted by molar-refractivity contribution is 6.39. The van der Waals surface area contributed by atoms with E-state index in [4.69, 9.17) is 32.7 Å². The molecule has 0 atom stereocenters. The predicted molar refractivity (Wildman–Crippen MR) is 86.7 cm³/mol. The first-order chi connectivity index (χ1) is 10.1. The number of rotatable bonds is 7. The molecular weight excluding hydrogens is 311 g/mol. The zero-order valence-electron chi connectivity index (χ0n) is 12.1. The highest BCUT2D eigenvalue weighted by Crippen LogP contribution is 2.37. The molecule has 1 aromatic heterocycles. The number of fused-ring (bicyclic) bond motifs is 1. The average Bonchev–Trinajstić information content (AvgIpc) is 2.45. The molecule has 0 saturated heterocycles. The van der Waals surface area contributed by atoms with E-state index >= 15 is 0 Å². The second-order valence-electron chi connectivity index (χ2n) is 4.61. The van der Waals surface area contributed by atoms with Gasteiger partial charge in [-0.1, -0.05) is 23.2 Å². The number of pyridine rings is 1. The maximum Gasteiger partial charge on any atom is 0.164 e. The van der Waals surface area contributed by atoms with Crippen LogP contribution in [0.15, 0.2) is 18.2 Å². The van der Waals surface area contributed by atoms with Crippen LogP contribution in [-0.4, -0.2) is 38.4 Å². The molecule has 114 valence electrons. The van der Waals surface area contributed by atoms with Crippen LogP contribution in [0.5, 0.6) is 5.75 Å². The second-order valence-corrected chi connectivity index (χ2v) is 5.42. The predicted octanol–water partition coefficient (Wildman–Crippen LogP) is 3.46. The minimum Gasteiger partial charge on any atom is -0.488 e. The molecule has 0 aliphatic carbocycles. The lowest BCUT2D eigenvalue weighted by atomic mass is 10.2. The minimum absolute atomic E-state index is 0.475. The molecule has 0 fully saturated rings. The molecule has 0 radical (unpaired) electrons. The van der Waals surface area contributed by atoms with Crippen molar-refractivity contribution < 1.29 is 9.47 Å². The van der Waals surface area contributed by atoms with Gasteiger partial charge in [-0.25, -0.2) is 4.98 Å². The van der Waals surface area contributed by atoms with Gasteiger partial charge < -0.3 is 14.8 Å². The van der Waals surface area contributed by atoms with E-state index in [1.54, 1.807) is 13.2 Å². The lowest BCUT2D eigenvalue weighted by Crippen LogP contribution is -2.24. The quantitative estimate of drug-likeness (QED) is 0.790. The molecule has 0 amide bonds. The number of halogens is 2. The number of aromatic nitrogens is 1. The fourth-order valence-corrected chi connectivity index (χ4v) is 2.52. The first-order valence-corrected chi connectivity index (χ1v) is 7.47. The van der Waals surface area contributed by atoms with Crippen LogP contribution in [0.25, 0.3) is 10.9 Å². The van der Waals surface area contributed by atoms with Crippen molar-refractivity contribution in [2.75, 3.05) is 33.4 Å². The van der Waals surface area contributed by atoms with Crippen molar-refractivity contribution in [1.29, 1.82) is 0 Å². The van der Waals surface area contributed by atoms with Gasteiger partial charge in [-0.05, 0) is 25.1 Å². The lowest BCUT2D eigenvalue weighted by Gasteiger charge is -2.12. The van der Waals surface area contributed by atoms with Gasteiger partial charge in [0.25, 0.3) is 0 Å². The van der Waals surface area contributed by atoms with E-state index in [0.29, 0.717) is 41.1 Å². The number of methoxy groups -OCH3 is 1. The molecule has 21 heavy (non-hydrogen) atoms. The van der Waals surface area contributed by atoms with Gasteiger partial charge >= 0.3 is 0 Å². The van der Waals surface area contributed by atoms with Crippen molar-refractivity contribution in [3.8, 4) is 5.75 Å². The van der Waals surface area contributed by atoms with Crippen LogP contribution in [0.4, 0.5) is 0 Å². The minimum atomic E-state index is 0.475. The van der Waals surface area contributed by atoms with Gasteiger partial charge in [0.05, 0.1) is 16.7 Å². The van der Waals surface area contributed by atoms with Crippen LogP contribution in [-0.2, 0) is 4.74 Å². The Labute approximate surface area is 134 Å². The van der Waals surface area contributed by atoms with Crippen LogP contribution in [0.3, 0.4) is 0 Å². The van der Waals surface area contributed by atoms with Gasteiger partial charge in [0.1, 0.15) is 12.1 Å². The first-order valence-electron chi connectivity index (χ1n) is 6.71. The maximum atomic E-state index is 6.23. The van der Waals surface area contributed by atoms with Crippen molar-refractivity contribution in [3.63, 3.8) is 0 Å². The smallest absolute Gasteiger partial charge is 0.164 e. The third-order valence-corrected chi connectivity index (χ3v) is 3.58. The van der Waals surface area contributed by atoms with Crippen molar-refractivity contribution in [2.24, 2.45) is 0 Å². The summed E-state index contributed by atoms with van der Waals surface area (Å²) in [6.07, 6.45) is 0. The normalized spacial score (nSPS) is 11.0. The molecule has 1 aromatic carbocycles. The number of ether oxygens (including phenoxy) is 2. The molecule has 0 aliphatic heterocycles. The van der Waals surface area contributed by atoms with E-state index in [1.807, 2.05) is 19.1 Å². The Kier molecular flexibility index (Phi) is 6.06. The van der Waals surface area contributed by atoms with E-state index in [2.05, 4.69) is 10.3 Å². The van der Waals surface area contributed by atoms with E-state index in [1.165, 1.54) is 0 Å². The maximum absolute atomic E-state index is 6.23. The largest absolute Gasteiger partial charge is 0.488 e. The molecule has 0 bridgehead atoms. The Morgan fingerprint density at radius 3 is 2.67 bits per heavy atom. The molecule has 1 heterocycles. The number of nitrogens with zero attached hydrogens (tertiary/aromatic N) is 1. The molecule has 6 heteroatoms. The Morgan fingerprint density at radius 2 is 1.90 bits per heavy atom. The van der Waals surface area contributed by atoms with Crippen LogP contribution in [0, 0.1) is 6.92 Å². The van der Waals surface area contributed by atoms with Crippen molar-refractivity contribution in [3.05, 3.63) is 33.9 Å². The third kappa shape index (κ3) is 4.20. The summed E-state index contributed by atoms with van der Waals surface area (Å²) in [7, 11) is 1.67. The van der Waals surface area contributed by atoms with Crippen LogP contribution in [0.1, 0.15) is 5.69 Å². The summed E-state index contributed by atoms with van der Waals surface area (Å²) in [4.78, 5) is 4.49. The molecule has 0 spiro atoms. The molecule has 1 N–H and O–H groups in total. The summed E-state index contributed by atoms with van der Waals surface area (Å²) in [6.45, 7) is 4.58. The standard InChI is InChI=1S/C15H18Cl2N2O2/c1-10-3-4-11-12(16)9-13(17)15(14(11)19-10)21-8-6-18-5-7-20-2/h3-4,9,18H,5-8H2,1-2H3. The van der Waals surface area contributed by atoms with E-state index in [9.17, 15) is 0 Å².